The predicted octanol–water partition coefficient (Wildman–Crippen LogP) is 3.41. The molecule has 0 bridgehead atoms. The van der Waals surface area contributed by atoms with E-state index in [2.05, 4.69) is 20.8 Å². The average molecular weight is 344 g/mol. The molecule has 0 spiro atoms. The van der Waals surface area contributed by atoms with Gasteiger partial charge in [0.2, 0.25) is 0 Å². The SMILES string of the molecule is CC1=C[C@H](O/C=C2/C(=O)O[C@@H]3C4=C(C[C@H]23)[C@@H](C)CCC4(C)C)OC1=O. The lowest BCUT2D eigenvalue weighted by atomic mass is 9.69. The Balaban J connectivity index is 1.57. The standard InChI is InChI=1S/C20H24O5/c1-10-5-6-20(3,4)16-12(10)8-13-14(19(22)25-17(13)16)9-23-15-7-11(2)18(21)24-15/h7,9-10,13,15,17H,5-6,8H2,1-4H3/b14-9+/t10-,13+,15+,17-/m0/s1. The first-order valence-corrected chi connectivity index (χ1v) is 8.97. The molecule has 0 radical (unpaired) electrons. The highest BCUT2D eigenvalue weighted by molar-refractivity contribution is 5.92. The summed E-state index contributed by atoms with van der Waals surface area (Å²) in [5.74, 6) is -0.153. The lowest BCUT2D eigenvalue weighted by Crippen LogP contribution is -2.29. The molecule has 4 aliphatic rings. The molecule has 4 atom stereocenters. The van der Waals surface area contributed by atoms with E-state index in [4.69, 9.17) is 14.2 Å². The summed E-state index contributed by atoms with van der Waals surface area (Å²) < 4.78 is 16.3. The van der Waals surface area contributed by atoms with Gasteiger partial charge in [0.15, 0.2) is 0 Å². The first-order valence-electron chi connectivity index (χ1n) is 8.97. The zero-order valence-corrected chi connectivity index (χ0v) is 15.1. The molecule has 4 rings (SSSR count). The fourth-order valence-corrected chi connectivity index (χ4v) is 4.61. The summed E-state index contributed by atoms with van der Waals surface area (Å²) in [4.78, 5) is 23.8. The molecule has 0 saturated carbocycles. The topological polar surface area (TPSA) is 61.8 Å². The first kappa shape index (κ1) is 16.4. The van der Waals surface area contributed by atoms with Crippen molar-refractivity contribution in [2.24, 2.45) is 17.3 Å². The Kier molecular flexibility index (Phi) is 3.60. The number of ether oxygens (including phenoxy) is 3. The van der Waals surface area contributed by atoms with Crippen molar-refractivity contribution in [3.8, 4) is 0 Å². The van der Waals surface area contributed by atoms with Gasteiger partial charge < -0.3 is 14.2 Å². The molecule has 0 aromatic heterocycles. The third-order valence-electron chi connectivity index (χ3n) is 6.09. The number of allylic oxidation sites excluding steroid dienone is 1. The first-order chi connectivity index (χ1) is 11.8. The third kappa shape index (κ3) is 2.52. The second kappa shape index (κ2) is 5.48. The number of carbonyl (C=O) groups excluding carboxylic acids is 2. The van der Waals surface area contributed by atoms with Crippen LogP contribution in [0.1, 0.15) is 47.0 Å². The van der Waals surface area contributed by atoms with Gasteiger partial charge in [-0.2, -0.15) is 0 Å². The molecule has 0 aromatic rings. The van der Waals surface area contributed by atoms with Crippen molar-refractivity contribution in [2.75, 3.05) is 0 Å². The minimum atomic E-state index is -0.758. The lowest BCUT2D eigenvalue weighted by Gasteiger charge is -2.37. The van der Waals surface area contributed by atoms with E-state index >= 15 is 0 Å². The maximum absolute atomic E-state index is 12.4. The van der Waals surface area contributed by atoms with Crippen LogP contribution in [0.5, 0.6) is 0 Å². The normalized spacial score (nSPS) is 37.6. The Bertz CT molecular complexity index is 739. The fourth-order valence-electron chi connectivity index (χ4n) is 4.61. The van der Waals surface area contributed by atoms with Crippen molar-refractivity contribution in [3.63, 3.8) is 0 Å². The Hall–Kier alpha value is -2.04. The fraction of sp³-hybridized carbons (Fsp3) is 0.600. The number of fused-ring (bicyclic) bond motifs is 2. The number of rotatable bonds is 2. The zero-order chi connectivity index (χ0) is 17.9. The van der Waals surface area contributed by atoms with Crippen LogP contribution >= 0.6 is 0 Å². The largest absolute Gasteiger partial charge is 0.458 e. The van der Waals surface area contributed by atoms with E-state index in [0.29, 0.717) is 17.1 Å². The van der Waals surface area contributed by atoms with Crippen molar-refractivity contribution >= 4 is 11.9 Å². The Labute approximate surface area is 147 Å². The zero-order valence-electron chi connectivity index (χ0n) is 15.1. The Morgan fingerprint density at radius 2 is 2.00 bits per heavy atom. The van der Waals surface area contributed by atoms with Crippen molar-refractivity contribution < 1.29 is 23.8 Å². The minimum Gasteiger partial charge on any atom is -0.458 e. The van der Waals surface area contributed by atoms with Gasteiger partial charge in [0.05, 0.1) is 11.8 Å². The number of esters is 2. The number of cyclic esters (lactones) is 1. The molecule has 5 heteroatoms. The van der Waals surface area contributed by atoms with Crippen LogP contribution in [0.4, 0.5) is 0 Å². The molecule has 5 nitrogen and oxygen atoms in total. The van der Waals surface area contributed by atoms with Crippen molar-refractivity contribution in [2.45, 2.75) is 59.4 Å². The summed E-state index contributed by atoms with van der Waals surface area (Å²) in [5.41, 5.74) is 3.91. The molecule has 1 fully saturated rings. The summed E-state index contributed by atoms with van der Waals surface area (Å²) >= 11 is 0. The van der Waals surface area contributed by atoms with Gasteiger partial charge in [0.1, 0.15) is 6.10 Å². The monoisotopic (exact) mass is 344 g/mol. The molecular weight excluding hydrogens is 320 g/mol. The van der Waals surface area contributed by atoms with Crippen LogP contribution in [0.25, 0.3) is 0 Å². The van der Waals surface area contributed by atoms with Gasteiger partial charge in [0, 0.05) is 17.6 Å². The van der Waals surface area contributed by atoms with Crippen LogP contribution in [0.15, 0.2) is 34.6 Å². The minimum absolute atomic E-state index is 0.0134. The van der Waals surface area contributed by atoms with Gasteiger partial charge in [-0.25, -0.2) is 9.59 Å². The van der Waals surface area contributed by atoms with Crippen LogP contribution < -0.4 is 0 Å². The number of carbonyl (C=O) groups is 2. The van der Waals surface area contributed by atoms with Crippen molar-refractivity contribution in [1.82, 2.24) is 0 Å². The lowest BCUT2D eigenvalue weighted by molar-refractivity contribution is -0.152. The van der Waals surface area contributed by atoms with Crippen molar-refractivity contribution in [1.29, 1.82) is 0 Å². The molecule has 1 saturated heterocycles. The molecule has 0 amide bonds. The maximum Gasteiger partial charge on any atom is 0.338 e. The average Bonchev–Trinajstić information content (AvgIpc) is 3.15. The van der Waals surface area contributed by atoms with E-state index in [-0.39, 0.29) is 29.4 Å². The second-order valence-corrected chi connectivity index (χ2v) is 8.23. The van der Waals surface area contributed by atoms with Crippen molar-refractivity contribution in [3.05, 3.63) is 34.6 Å². The van der Waals surface area contributed by atoms with E-state index in [0.717, 1.165) is 12.8 Å². The van der Waals surface area contributed by atoms with E-state index in [1.807, 2.05) is 0 Å². The summed E-state index contributed by atoms with van der Waals surface area (Å²) in [5, 5.41) is 0. The van der Waals surface area contributed by atoms with Crippen LogP contribution in [0.3, 0.4) is 0 Å². The van der Waals surface area contributed by atoms with Gasteiger partial charge >= 0.3 is 11.9 Å². The molecule has 2 aliphatic heterocycles. The molecule has 0 N–H and O–H groups in total. The van der Waals surface area contributed by atoms with Crippen LogP contribution in [0.2, 0.25) is 0 Å². The smallest absolute Gasteiger partial charge is 0.338 e. The third-order valence-corrected chi connectivity index (χ3v) is 6.09. The molecular formula is C20H24O5. The predicted molar refractivity (Wildman–Crippen MR) is 90.0 cm³/mol. The number of hydrogen-bond donors (Lipinski definition) is 0. The Morgan fingerprint density at radius 3 is 2.68 bits per heavy atom. The highest BCUT2D eigenvalue weighted by atomic mass is 16.7. The molecule has 25 heavy (non-hydrogen) atoms. The van der Waals surface area contributed by atoms with Gasteiger partial charge in [-0.3, -0.25) is 0 Å². The summed E-state index contributed by atoms with van der Waals surface area (Å²) in [6, 6.07) is 0. The van der Waals surface area contributed by atoms with Crippen LogP contribution in [-0.2, 0) is 23.8 Å². The van der Waals surface area contributed by atoms with Crippen LogP contribution in [0, 0.1) is 17.3 Å². The van der Waals surface area contributed by atoms with E-state index in [1.165, 1.54) is 23.8 Å². The highest BCUT2D eigenvalue weighted by Crippen LogP contribution is 2.56. The highest BCUT2D eigenvalue weighted by Gasteiger charge is 2.53. The summed E-state index contributed by atoms with van der Waals surface area (Å²) in [6.07, 6.45) is 5.27. The van der Waals surface area contributed by atoms with Gasteiger partial charge in [0.25, 0.3) is 6.29 Å². The van der Waals surface area contributed by atoms with E-state index < -0.39 is 6.29 Å². The van der Waals surface area contributed by atoms with E-state index in [9.17, 15) is 9.59 Å². The maximum atomic E-state index is 12.4. The second-order valence-electron chi connectivity index (χ2n) is 8.23. The molecule has 0 aromatic carbocycles. The van der Waals surface area contributed by atoms with Crippen LogP contribution in [-0.4, -0.2) is 24.3 Å². The number of hydrogen-bond acceptors (Lipinski definition) is 5. The van der Waals surface area contributed by atoms with Gasteiger partial charge in [-0.1, -0.05) is 26.3 Å². The molecule has 2 heterocycles. The molecule has 2 aliphatic carbocycles. The summed E-state index contributed by atoms with van der Waals surface area (Å²) in [7, 11) is 0. The molecule has 0 unspecified atom stereocenters. The van der Waals surface area contributed by atoms with Gasteiger partial charge in [-0.05, 0) is 43.1 Å². The van der Waals surface area contributed by atoms with Gasteiger partial charge in [-0.15, -0.1) is 0 Å². The van der Waals surface area contributed by atoms with E-state index in [1.54, 1.807) is 13.0 Å². The quantitative estimate of drug-likeness (QED) is 0.332. The summed E-state index contributed by atoms with van der Waals surface area (Å²) in [6.45, 7) is 8.43. The Morgan fingerprint density at radius 1 is 1.24 bits per heavy atom. The molecule has 134 valence electrons.